The standard InChI is InChI=1S/C30H41NO4S/c1-33-25-21-26-27(35-30(32)29(26)28(22-25)34-2)14-19-36-18-9-4-3-8-15-31-16-12-24(13-17-31)20-23-10-6-5-7-11-23/h5-7,10-11,21-22,24,27H,3-4,8-9,12-20H2,1-2H3. The molecule has 2 heterocycles. The van der Waals surface area contributed by atoms with Crippen LogP contribution in [-0.4, -0.2) is 56.2 Å². The molecule has 1 unspecified atom stereocenters. The largest absolute Gasteiger partial charge is 0.497 e. The normalized spacial score (nSPS) is 18.2. The molecule has 0 aromatic heterocycles. The summed E-state index contributed by atoms with van der Waals surface area (Å²) in [6.45, 7) is 3.78. The van der Waals surface area contributed by atoms with Gasteiger partial charge in [-0.3, -0.25) is 0 Å². The van der Waals surface area contributed by atoms with E-state index in [0.29, 0.717) is 17.1 Å². The van der Waals surface area contributed by atoms with E-state index in [2.05, 4.69) is 35.2 Å². The van der Waals surface area contributed by atoms with Crippen molar-refractivity contribution >= 4 is 17.7 Å². The molecule has 5 nitrogen and oxygen atoms in total. The van der Waals surface area contributed by atoms with E-state index in [1.807, 2.05) is 17.8 Å². The number of likely N-dealkylation sites (tertiary alicyclic amines) is 1. The number of unbranched alkanes of at least 4 members (excludes halogenated alkanes) is 3. The molecule has 0 N–H and O–H groups in total. The van der Waals surface area contributed by atoms with Crippen LogP contribution in [0.1, 0.15) is 72.5 Å². The first-order valence-electron chi connectivity index (χ1n) is 13.5. The molecule has 2 aromatic carbocycles. The third-order valence-electron chi connectivity index (χ3n) is 7.47. The maximum atomic E-state index is 12.3. The Kier molecular flexibility index (Phi) is 10.4. The van der Waals surface area contributed by atoms with E-state index in [4.69, 9.17) is 14.2 Å². The molecule has 1 fully saturated rings. The average molecular weight is 512 g/mol. The number of rotatable bonds is 14. The zero-order chi connectivity index (χ0) is 25.2. The number of hydrogen-bond acceptors (Lipinski definition) is 6. The summed E-state index contributed by atoms with van der Waals surface area (Å²) in [6.07, 6.45) is 9.72. The van der Waals surface area contributed by atoms with Gasteiger partial charge in [0.2, 0.25) is 0 Å². The minimum absolute atomic E-state index is 0.208. The van der Waals surface area contributed by atoms with Crippen molar-refractivity contribution in [2.24, 2.45) is 5.92 Å². The lowest BCUT2D eigenvalue weighted by Crippen LogP contribution is -2.35. The van der Waals surface area contributed by atoms with E-state index < -0.39 is 0 Å². The summed E-state index contributed by atoms with van der Waals surface area (Å²) < 4.78 is 16.4. The summed E-state index contributed by atoms with van der Waals surface area (Å²) in [5, 5.41) is 0. The summed E-state index contributed by atoms with van der Waals surface area (Å²) in [5.74, 6) is 3.93. The molecule has 0 spiro atoms. The van der Waals surface area contributed by atoms with Gasteiger partial charge < -0.3 is 19.1 Å². The van der Waals surface area contributed by atoms with E-state index in [1.165, 1.54) is 75.9 Å². The Morgan fingerprint density at radius 1 is 0.972 bits per heavy atom. The second kappa shape index (κ2) is 13.9. The number of ether oxygens (including phenoxy) is 3. The lowest BCUT2D eigenvalue weighted by Gasteiger charge is -2.32. The molecule has 1 atom stereocenters. The highest BCUT2D eigenvalue weighted by atomic mass is 32.2. The van der Waals surface area contributed by atoms with Crippen molar-refractivity contribution in [3.63, 3.8) is 0 Å². The van der Waals surface area contributed by atoms with Gasteiger partial charge in [0.05, 0.1) is 14.2 Å². The van der Waals surface area contributed by atoms with E-state index in [-0.39, 0.29) is 12.1 Å². The van der Waals surface area contributed by atoms with Crippen LogP contribution in [0.15, 0.2) is 42.5 Å². The highest BCUT2D eigenvalue weighted by molar-refractivity contribution is 7.99. The highest BCUT2D eigenvalue weighted by Gasteiger charge is 2.34. The van der Waals surface area contributed by atoms with Crippen LogP contribution in [0.2, 0.25) is 0 Å². The van der Waals surface area contributed by atoms with Crippen LogP contribution in [0, 0.1) is 5.92 Å². The number of thioether (sulfide) groups is 1. The summed E-state index contributed by atoms with van der Waals surface area (Å²) in [4.78, 5) is 15.0. The molecule has 0 bridgehead atoms. The van der Waals surface area contributed by atoms with Crippen molar-refractivity contribution in [1.82, 2.24) is 4.90 Å². The van der Waals surface area contributed by atoms with Crippen molar-refractivity contribution in [3.8, 4) is 11.5 Å². The summed E-state index contributed by atoms with van der Waals surface area (Å²) in [7, 11) is 3.19. The molecular formula is C30H41NO4S. The smallest absolute Gasteiger partial charge is 0.342 e. The van der Waals surface area contributed by atoms with Gasteiger partial charge in [-0.2, -0.15) is 11.8 Å². The summed E-state index contributed by atoms with van der Waals surface area (Å²) >= 11 is 1.96. The zero-order valence-corrected chi connectivity index (χ0v) is 22.7. The molecule has 6 heteroatoms. The Morgan fingerprint density at radius 2 is 1.75 bits per heavy atom. The Morgan fingerprint density at radius 3 is 2.50 bits per heavy atom. The number of carbonyl (C=O) groups is 1. The SMILES string of the molecule is COc1cc(OC)c2c(c1)C(CCSCCCCCCN1CCC(Cc3ccccc3)CC1)OC2=O. The number of piperidine rings is 1. The molecule has 2 aliphatic heterocycles. The quantitative estimate of drug-likeness (QED) is 0.212. The van der Waals surface area contributed by atoms with Crippen LogP contribution >= 0.6 is 11.8 Å². The van der Waals surface area contributed by atoms with E-state index in [1.54, 1.807) is 20.3 Å². The number of carbonyl (C=O) groups excluding carboxylic acids is 1. The van der Waals surface area contributed by atoms with E-state index in [0.717, 1.165) is 23.7 Å². The third-order valence-corrected chi connectivity index (χ3v) is 8.58. The average Bonchev–Trinajstić information content (AvgIpc) is 3.23. The van der Waals surface area contributed by atoms with Crippen molar-refractivity contribution in [2.45, 2.75) is 57.5 Å². The number of benzene rings is 2. The van der Waals surface area contributed by atoms with Crippen LogP contribution in [0.4, 0.5) is 0 Å². The van der Waals surface area contributed by atoms with Crippen molar-refractivity contribution in [2.75, 3.05) is 45.4 Å². The van der Waals surface area contributed by atoms with Crippen LogP contribution in [0.3, 0.4) is 0 Å². The van der Waals surface area contributed by atoms with Crippen LogP contribution in [0.25, 0.3) is 0 Å². The Balaban J connectivity index is 1.04. The van der Waals surface area contributed by atoms with Gasteiger partial charge in [0, 0.05) is 11.6 Å². The van der Waals surface area contributed by atoms with Crippen LogP contribution in [-0.2, 0) is 11.2 Å². The molecule has 0 amide bonds. The minimum Gasteiger partial charge on any atom is -0.497 e. The van der Waals surface area contributed by atoms with Gasteiger partial charge in [0.25, 0.3) is 0 Å². The van der Waals surface area contributed by atoms with Gasteiger partial charge in [0.1, 0.15) is 23.2 Å². The molecule has 0 radical (unpaired) electrons. The second-order valence-electron chi connectivity index (χ2n) is 9.98. The summed E-state index contributed by atoms with van der Waals surface area (Å²) in [5.41, 5.74) is 2.93. The fraction of sp³-hybridized carbons (Fsp3) is 0.567. The van der Waals surface area contributed by atoms with Crippen molar-refractivity contribution in [3.05, 3.63) is 59.2 Å². The number of methoxy groups -OCH3 is 2. The minimum atomic E-state index is -0.292. The van der Waals surface area contributed by atoms with E-state index >= 15 is 0 Å². The van der Waals surface area contributed by atoms with Crippen LogP contribution in [0.5, 0.6) is 11.5 Å². The first-order valence-corrected chi connectivity index (χ1v) is 14.6. The maximum absolute atomic E-state index is 12.3. The first kappa shape index (κ1) is 26.9. The van der Waals surface area contributed by atoms with E-state index in [9.17, 15) is 4.79 Å². The first-order chi connectivity index (χ1) is 17.7. The van der Waals surface area contributed by atoms with Gasteiger partial charge >= 0.3 is 5.97 Å². The van der Waals surface area contributed by atoms with Gasteiger partial charge in [-0.25, -0.2) is 4.79 Å². The highest BCUT2D eigenvalue weighted by Crippen LogP contribution is 2.41. The van der Waals surface area contributed by atoms with Crippen LogP contribution < -0.4 is 9.47 Å². The lowest BCUT2D eigenvalue weighted by molar-refractivity contribution is 0.0379. The summed E-state index contributed by atoms with van der Waals surface area (Å²) in [6, 6.07) is 14.6. The number of esters is 1. The molecule has 196 valence electrons. The Bertz CT molecular complexity index is 959. The predicted octanol–water partition coefficient (Wildman–Crippen LogP) is 6.55. The van der Waals surface area contributed by atoms with Gasteiger partial charge in [-0.15, -0.1) is 0 Å². The van der Waals surface area contributed by atoms with Crippen molar-refractivity contribution < 1.29 is 19.0 Å². The fourth-order valence-electron chi connectivity index (χ4n) is 5.38. The number of nitrogens with zero attached hydrogens (tertiary/aromatic N) is 1. The maximum Gasteiger partial charge on any atom is 0.342 e. The topological polar surface area (TPSA) is 48.0 Å². The number of cyclic esters (lactones) is 1. The van der Waals surface area contributed by atoms with Gasteiger partial charge in [0.15, 0.2) is 0 Å². The molecule has 2 aromatic rings. The Hall–Kier alpha value is -2.18. The molecule has 0 saturated carbocycles. The van der Waals surface area contributed by atoms with Crippen molar-refractivity contribution in [1.29, 1.82) is 0 Å². The lowest BCUT2D eigenvalue weighted by atomic mass is 9.90. The molecule has 2 aliphatic rings. The molecular weight excluding hydrogens is 470 g/mol. The molecule has 1 saturated heterocycles. The molecule has 36 heavy (non-hydrogen) atoms. The zero-order valence-electron chi connectivity index (χ0n) is 21.9. The number of fused-ring (bicyclic) bond motifs is 1. The second-order valence-corrected chi connectivity index (χ2v) is 11.2. The predicted molar refractivity (Wildman–Crippen MR) is 147 cm³/mol. The monoisotopic (exact) mass is 511 g/mol. The third kappa shape index (κ3) is 7.42. The van der Waals surface area contributed by atoms with Gasteiger partial charge in [-0.05, 0) is 87.2 Å². The Labute approximate surface area is 220 Å². The fourth-order valence-corrected chi connectivity index (χ4v) is 6.37. The molecule has 0 aliphatic carbocycles. The number of hydrogen-bond donors (Lipinski definition) is 0. The molecule has 4 rings (SSSR count). The van der Waals surface area contributed by atoms with Gasteiger partial charge in [-0.1, -0.05) is 43.2 Å².